The Balaban J connectivity index is 1.45. The quantitative estimate of drug-likeness (QED) is 0.627. The van der Waals surface area contributed by atoms with Crippen LogP contribution in [-0.2, 0) is 6.42 Å². The SMILES string of the molecule is CC1c2cnc(-c3cscn3)nc2CCN1c1cc(N2CCCC2)cc(F)n1. The second-order valence-electron chi connectivity index (χ2n) is 7.29. The predicted molar refractivity (Wildman–Crippen MR) is 108 cm³/mol. The molecule has 3 aromatic rings. The Morgan fingerprint density at radius 2 is 1.96 bits per heavy atom. The fourth-order valence-electron chi connectivity index (χ4n) is 4.10. The van der Waals surface area contributed by atoms with E-state index in [0.29, 0.717) is 11.6 Å². The van der Waals surface area contributed by atoms with Gasteiger partial charge in [-0.05, 0) is 19.8 Å². The summed E-state index contributed by atoms with van der Waals surface area (Å²) in [6.45, 7) is 4.81. The molecular weight excluding hydrogens is 375 g/mol. The molecule has 0 bridgehead atoms. The van der Waals surface area contributed by atoms with Gasteiger partial charge in [0.15, 0.2) is 5.82 Å². The summed E-state index contributed by atoms with van der Waals surface area (Å²) in [4.78, 5) is 22.1. The minimum atomic E-state index is -0.424. The van der Waals surface area contributed by atoms with Crippen LogP contribution in [0.15, 0.2) is 29.2 Å². The molecule has 1 saturated heterocycles. The minimum Gasteiger partial charge on any atom is -0.371 e. The molecule has 1 atom stereocenters. The van der Waals surface area contributed by atoms with Crippen LogP contribution in [0.4, 0.5) is 15.9 Å². The Kier molecular flexibility index (Phi) is 4.43. The summed E-state index contributed by atoms with van der Waals surface area (Å²) in [7, 11) is 0. The van der Waals surface area contributed by atoms with Gasteiger partial charge in [-0.25, -0.2) is 19.9 Å². The number of pyridine rings is 1. The molecule has 2 aliphatic heterocycles. The molecule has 3 aromatic heterocycles. The maximum absolute atomic E-state index is 14.3. The van der Waals surface area contributed by atoms with E-state index in [0.717, 1.165) is 61.5 Å². The van der Waals surface area contributed by atoms with Crippen molar-refractivity contribution in [2.75, 3.05) is 29.4 Å². The number of hydrogen-bond acceptors (Lipinski definition) is 7. The van der Waals surface area contributed by atoms with Crippen LogP contribution in [-0.4, -0.2) is 39.6 Å². The van der Waals surface area contributed by atoms with Crippen LogP contribution in [0, 0.1) is 5.95 Å². The maximum atomic E-state index is 14.3. The van der Waals surface area contributed by atoms with Gasteiger partial charge in [0.2, 0.25) is 5.95 Å². The van der Waals surface area contributed by atoms with Gasteiger partial charge < -0.3 is 9.80 Å². The van der Waals surface area contributed by atoms with Crippen molar-refractivity contribution in [2.24, 2.45) is 0 Å². The first-order valence-corrected chi connectivity index (χ1v) is 10.6. The molecule has 0 N–H and O–H groups in total. The summed E-state index contributed by atoms with van der Waals surface area (Å²) in [5.74, 6) is 0.928. The van der Waals surface area contributed by atoms with Crippen molar-refractivity contribution in [3.63, 3.8) is 0 Å². The fraction of sp³-hybridized carbons (Fsp3) is 0.400. The smallest absolute Gasteiger partial charge is 0.216 e. The highest BCUT2D eigenvalue weighted by molar-refractivity contribution is 7.07. The third-order valence-electron chi connectivity index (χ3n) is 5.60. The van der Waals surface area contributed by atoms with Crippen molar-refractivity contribution in [3.8, 4) is 11.5 Å². The van der Waals surface area contributed by atoms with Crippen LogP contribution >= 0.6 is 11.3 Å². The highest BCUT2D eigenvalue weighted by Gasteiger charge is 2.28. The molecule has 0 amide bonds. The predicted octanol–water partition coefficient (Wildman–Crippen LogP) is 3.86. The molecule has 0 aromatic carbocycles. The Morgan fingerprint density at radius 1 is 1.11 bits per heavy atom. The molecule has 5 heterocycles. The summed E-state index contributed by atoms with van der Waals surface area (Å²) in [6.07, 6.45) is 4.97. The lowest BCUT2D eigenvalue weighted by Crippen LogP contribution is -2.35. The largest absolute Gasteiger partial charge is 0.371 e. The summed E-state index contributed by atoms with van der Waals surface area (Å²) >= 11 is 1.54. The normalized spacial score (nSPS) is 19.1. The van der Waals surface area contributed by atoms with Gasteiger partial charge in [-0.15, -0.1) is 11.3 Å². The molecule has 8 heteroatoms. The molecule has 0 aliphatic carbocycles. The Morgan fingerprint density at radius 3 is 2.75 bits per heavy atom. The number of thiazole rings is 1. The van der Waals surface area contributed by atoms with Crippen LogP contribution in [0.3, 0.4) is 0 Å². The van der Waals surface area contributed by atoms with Gasteiger partial charge in [0.05, 0.1) is 17.2 Å². The van der Waals surface area contributed by atoms with E-state index in [1.165, 1.54) is 11.3 Å². The van der Waals surface area contributed by atoms with Crippen molar-refractivity contribution in [3.05, 3.63) is 46.4 Å². The van der Waals surface area contributed by atoms with E-state index in [4.69, 9.17) is 4.98 Å². The zero-order valence-electron chi connectivity index (χ0n) is 15.7. The first-order chi connectivity index (χ1) is 13.7. The second kappa shape index (κ2) is 7.09. The minimum absolute atomic E-state index is 0.0361. The molecule has 28 heavy (non-hydrogen) atoms. The number of rotatable bonds is 3. The molecule has 2 aliphatic rings. The van der Waals surface area contributed by atoms with Crippen molar-refractivity contribution in [1.82, 2.24) is 19.9 Å². The van der Waals surface area contributed by atoms with Gasteiger partial charge in [0.1, 0.15) is 11.5 Å². The zero-order chi connectivity index (χ0) is 19.1. The van der Waals surface area contributed by atoms with Crippen molar-refractivity contribution < 1.29 is 4.39 Å². The highest BCUT2D eigenvalue weighted by atomic mass is 32.1. The monoisotopic (exact) mass is 396 g/mol. The summed E-state index contributed by atoms with van der Waals surface area (Å²) in [5.41, 5.74) is 5.63. The molecule has 0 spiro atoms. The van der Waals surface area contributed by atoms with Crippen LogP contribution < -0.4 is 9.80 Å². The van der Waals surface area contributed by atoms with Gasteiger partial charge in [-0.1, -0.05) is 0 Å². The lowest BCUT2D eigenvalue weighted by atomic mass is 9.99. The van der Waals surface area contributed by atoms with Crippen molar-refractivity contribution in [1.29, 1.82) is 0 Å². The molecule has 5 rings (SSSR count). The summed E-state index contributed by atoms with van der Waals surface area (Å²) in [5, 5.41) is 1.96. The third kappa shape index (κ3) is 3.11. The Bertz CT molecular complexity index is 986. The number of nitrogens with zero attached hydrogens (tertiary/aromatic N) is 6. The molecule has 0 radical (unpaired) electrons. The van der Waals surface area contributed by atoms with Crippen molar-refractivity contribution >= 4 is 22.8 Å². The van der Waals surface area contributed by atoms with Crippen LogP contribution in [0.25, 0.3) is 11.5 Å². The number of aromatic nitrogens is 4. The van der Waals surface area contributed by atoms with Crippen LogP contribution in [0.5, 0.6) is 0 Å². The average Bonchev–Trinajstić information content (AvgIpc) is 3.41. The Labute approximate surface area is 167 Å². The van der Waals surface area contributed by atoms with Crippen LogP contribution in [0.1, 0.15) is 37.1 Å². The van der Waals surface area contributed by atoms with E-state index in [2.05, 4.69) is 31.7 Å². The number of halogens is 1. The molecular formula is C20H21FN6S. The maximum Gasteiger partial charge on any atom is 0.216 e. The topological polar surface area (TPSA) is 58.0 Å². The summed E-state index contributed by atoms with van der Waals surface area (Å²) in [6, 6.07) is 3.59. The highest BCUT2D eigenvalue weighted by Crippen LogP contribution is 2.34. The lowest BCUT2D eigenvalue weighted by molar-refractivity contribution is 0.562. The van der Waals surface area contributed by atoms with Gasteiger partial charge in [-0.2, -0.15) is 4.39 Å². The van der Waals surface area contributed by atoms with Crippen LogP contribution in [0.2, 0.25) is 0 Å². The molecule has 144 valence electrons. The first-order valence-electron chi connectivity index (χ1n) is 9.62. The van der Waals surface area contributed by atoms with E-state index in [-0.39, 0.29) is 6.04 Å². The van der Waals surface area contributed by atoms with Gasteiger partial charge in [-0.3, -0.25) is 0 Å². The standard InChI is InChI=1S/C20H21FN6S/c1-13-15-10-22-20(17-11-28-12-23-17)24-16(15)4-7-27(13)19-9-14(8-18(21)25-19)26-5-2-3-6-26/h8-13H,2-7H2,1H3. The van der Waals surface area contributed by atoms with E-state index >= 15 is 0 Å². The van der Waals surface area contributed by atoms with E-state index < -0.39 is 5.95 Å². The van der Waals surface area contributed by atoms with E-state index in [1.54, 1.807) is 11.6 Å². The zero-order valence-corrected chi connectivity index (χ0v) is 16.5. The van der Waals surface area contributed by atoms with E-state index in [1.807, 2.05) is 17.6 Å². The average molecular weight is 396 g/mol. The molecule has 1 unspecified atom stereocenters. The van der Waals surface area contributed by atoms with Gasteiger partial charge >= 0.3 is 0 Å². The Hall–Kier alpha value is -2.61. The number of anilines is 2. The molecule has 6 nitrogen and oxygen atoms in total. The number of fused-ring (bicyclic) bond motifs is 1. The molecule has 0 saturated carbocycles. The second-order valence-corrected chi connectivity index (χ2v) is 8.01. The third-order valence-corrected chi connectivity index (χ3v) is 6.19. The van der Waals surface area contributed by atoms with Gasteiger partial charge in [0.25, 0.3) is 0 Å². The summed E-state index contributed by atoms with van der Waals surface area (Å²) < 4.78 is 14.3. The van der Waals surface area contributed by atoms with Crippen molar-refractivity contribution in [2.45, 2.75) is 32.2 Å². The molecule has 1 fully saturated rings. The number of hydrogen-bond donors (Lipinski definition) is 0. The van der Waals surface area contributed by atoms with E-state index in [9.17, 15) is 4.39 Å². The lowest BCUT2D eigenvalue weighted by Gasteiger charge is -2.36. The van der Waals surface area contributed by atoms with Gasteiger partial charge in [0, 0.05) is 61.0 Å². The fourth-order valence-corrected chi connectivity index (χ4v) is 4.63. The first kappa shape index (κ1) is 17.5.